The second-order valence-corrected chi connectivity index (χ2v) is 4.46. The molecule has 6 heteroatoms. The molecule has 1 amide bonds. The van der Waals surface area contributed by atoms with Crippen molar-refractivity contribution in [3.63, 3.8) is 0 Å². The van der Waals surface area contributed by atoms with E-state index in [9.17, 15) is 4.79 Å². The molecule has 2 heterocycles. The molecule has 1 N–H and O–H groups in total. The molecule has 0 spiro atoms. The van der Waals surface area contributed by atoms with Crippen LogP contribution < -0.4 is 5.32 Å². The molecule has 0 bridgehead atoms. The van der Waals surface area contributed by atoms with E-state index in [4.69, 9.17) is 0 Å². The van der Waals surface area contributed by atoms with E-state index in [0.717, 1.165) is 10.2 Å². The minimum atomic E-state index is -0.194. The number of carbonyl (C=O) groups excluding carboxylic acids is 1. The van der Waals surface area contributed by atoms with E-state index in [2.05, 4.69) is 31.3 Å². The van der Waals surface area contributed by atoms with Crippen molar-refractivity contribution in [2.24, 2.45) is 7.05 Å². The number of hydrogen-bond acceptors (Lipinski definition) is 3. The van der Waals surface area contributed by atoms with Gasteiger partial charge in [0.15, 0.2) is 0 Å². The van der Waals surface area contributed by atoms with Crippen molar-refractivity contribution in [3.05, 3.63) is 40.4 Å². The number of nitrogens with zero attached hydrogens (tertiary/aromatic N) is 3. The number of nitrogens with one attached hydrogen (secondary N) is 1. The predicted octanol–water partition coefficient (Wildman–Crippen LogP) is 2.14. The Labute approximate surface area is 107 Å². The molecular formula is C11H11BrN4O. The van der Waals surface area contributed by atoms with Gasteiger partial charge in [0, 0.05) is 19.4 Å². The van der Waals surface area contributed by atoms with Gasteiger partial charge in [-0.05, 0) is 35.0 Å². The Bertz CT molecular complexity index is 564. The smallest absolute Gasteiger partial charge is 0.273 e. The first-order valence-corrected chi connectivity index (χ1v) is 5.78. The minimum absolute atomic E-state index is 0.194. The lowest BCUT2D eigenvalue weighted by Crippen LogP contribution is -2.16. The van der Waals surface area contributed by atoms with Crippen LogP contribution in [0.15, 0.2) is 29.0 Å². The SMILES string of the molecule is Cc1cc(C(=O)Nc2ccncc2Br)n(C)n1. The number of aryl methyl sites for hydroxylation is 2. The maximum atomic E-state index is 12.0. The van der Waals surface area contributed by atoms with Gasteiger partial charge in [0.25, 0.3) is 5.91 Å². The van der Waals surface area contributed by atoms with Crippen LogP contribution in [0.25, 0.3) is 0 Å². The lowest BCUT2D eigenvalue weighted by atomic mass is 10.3. The molecule has 88 valence electrons. The number of rotatable bonds is 2. The quantitative estimate of drug-likeness (QED) is 0.923. The normalized spacial score (nSPS) is 10.3. The number of carbonyl (C=O) groups is 1. The summed E-state index contributed by atoms with van der Waals surface area (Å²) in [5.74, 6) is -0.194. The minimum Gasteiger partial charge on any atom is -0.320 e. The summed E-state index contributed by atoms with van der Waals surface area (Å²) in [6.45, 7) is 1.85. The third-order valence-corrected chi connectivity index (χ3v) is 2.89. The topological polar surface area (TPSA) is 59.8 Å². The largest absolute Gasteiger partial charge is 0.320 e. The van der Waals surface area contributed by atoms with Gasteiger partial charge in [-0.3, -0.25) is 14.5 Å². The summed E-state index contributed by atoms with van der Waals surface area (Å²) >= 11 is 3.32. The molecule has 2 rings (SSSR count). The molecule has 0 aliphatic heterocycles. The van der Waals surface area contributed by atoms with Crippen LogP contribution in [0, 0.1) is 6.92 Å². The zero-order chi connectivity index (χ0) is 12.4. The number of pyridine rings is 1. The molecule has 0 fully saturated rings. The summed E-state index contributed by atoms with van der Waals surface area (Å²) in [6, 6.07) is 3.47. The first-order chi connectivity index (χ1) is 8.08. The Morgan fingerprint density at radius 1 is 1.53 bits per heavy atom. The molecule has 0 unspecified atom stereocenters. The van der Waals surface area contributed by atoms with E-state index < -0.39 is 0 Å². The van der Waals surface area contributed by atoms with Crippen LogP contribution in [-0.2, 0) is 7.05 Å². The molecule has 0 aliphatic rings. The van der Waals surface area contributed by atoms with E-state index in [0.29, 0.717) is 11.4 Å². The van der Waals surface area contributed by atoms with Gasteiger partial charge in [-0.25, -0.2) is 0 Å². The highest BCUT2D eigenvalue weighted by Crippen LogP contribution is 2.20. The molecular weight excluding hydrogens is 284 g/mol. The van der Waals surface area contributed by atoms with Crippen LogP contribution in [0.4, 0.5) is 5.69 Å². The van der Waals surface area contributed by atoms with Crippen molar-refractivity contribution in [3.8, 4) is 0 Å². The van der Waals surface area contributed by atoms with Crippen LogP contribution in [0.5, 0.6) is 0 Å². The van der Waals surface area contributed by atoms with Crippen molar-refractivity contribution >= 4 is 27.5 Å². The Balaban J connectivity index is 2.23. The van der Waals surface area contributed by atoms with Crippen molar-refractivity contribution in [1.29, 1.82) is 0 Å². The van der Waals surface area contributed by atoms with Gasteiger partial charge in [-0.15, -0.1) is 0 Å². The average molecular weight is 295 g/mol. The van der Waals surface area contributed by atoms with Gasteiger partial charge in [-0.2, -0.15) is 5.10 Å². The highest BCUT2D eigenvalue weighted by molar-refractivity contribution is 9.10. The molecule has 0 radical (unpaired) electrons. The monoisotopic (exact) mass is 294 g/mol. The number of halogens is 1. The standard InChI is InChI=1S/C11H11BrN4O/c1-7-5-10(16(2)15-7)11(17)14-9-3-4-13-6-8(9)12/h3-6H,1-2H3,(H,13,14,17). The summed E-state index contributed by atoms with van der Waals surface area (Å²) in [7, 11) is 1.74. The molecule has 2 aromatic rings. The van der Waals surface area contributed by atoms with Crippen molar-refractivity contribution in [2.45, 2.75) is 6.92 Å². The van der Waals surface area contributed by atoms with Crippen molar-refractivity contribution in [2.75, 3.05) is 5.32 Å². The van der Waals surface area contributed by atoms with Crippen LogP contribution in [-0.4, -0.2) is 20.7 Å². The van der Waals surface area contributed by atoms with Gasteiger partial charge in [0.05, 0.1) is 15.9 Å². The van der Waals surface area contributed by atoms with E-state index >= 15 is 0 Å². The maximum Gasteiger partial charge on any atom is 0.273 e. The van der Waals surface area contributed by atoms with Crippen LogP contribution in [0.1, 0.15) is 16.2 Å². The highest BCUT2D eigenvalue weighted by atomic mass is 79.9. The zero-order valence-electron chi connectivity index (χ0n) is 9.44. The summed E-state index contributed by atoms with van der Waals surface area (Å²) in [6.07, 6.45) is 3.25. The summed E-state index contributed by atoms with van der Waals surface area (Å²) in [4.78, 5) is 15.9. The van der Waals surface area contributed by atoms with Gasteiger partial charge in [0.2, 0.25) is 0 Å². The Hall–Kier alpha value is -1.69. The van der Waals surface area contributed by atoms with E-state index in [1.807, 2.05) is 6.92 Å². The van der Waals surface area contributed by atoms with E-state index in [-0.39, 0.29) is 5.91 Å². The van der Waals surface area contributed by atoms with Crippen LogP contribution in [0.3, 0.4) is 0 Å². The van der Waals surface area contributed by atoms with Gasteiger partial charge < -0.3 is 5.32 Å². The molecule has 5 nitrogen and oxygen atoms in total. The molecule has 0 saturated carbocycles. The van der Waals surface area contributed by atoms with Gasteiger partial charge >= 0.3 is 0 Å². The fraction of sp³-hybridized carbons (Fsp3) is 0.182. The zero-order valence-corrected chi connectivity index (χ0v) is 11.0. The first-order valence-electron chi connectivity index (χ1n) is 4.99. The maximum absolute atomic E-state index is 12.0. The third-order valence-electron chi connectivity index (χ3n) is 2.26. The van der Waals surface area contributed by atoms with Gasteiger partial charge in [0.1, 0.15) is 5.69 Å². The fourth-order valence-electron chi connectivity index (χ4n) is 1.49. The number of hydrogen-bond donors (Lipinski definition) is 1. The van der Waals surface area contributed by atoms with E-state index in [1.54, 1.807) is 36.3 Å². The van der Waals surface area contributed by atoms with Crippen molar-refractivity contribution in [1.82, 2.24) is 14.8 Å². The second kappa shape index (κ2) is 4.67. The summed E-state index contributed by atoms with van der Waals surface area (Å²) < 4.78 is 2.30. The van der Waals surface area contributed by atoms with Crippen LogP contribution >= 0.6 is 15.9 Å². The lowest BCUT2D eigenvalue weighted by molar-refractivity contribution is 0.101. The number of anilines is 1. The molecule has 17 heavy (non-hydrogen) atoms. The Kier molecular flexibility index (Phi) is 3.23. The first kappa shape index (κ1) is 11.8. The van der Waals surface area contributed by atoms with Crippen molar-refractivity contribution < 1.29 is 4.79 Å². The van der Waals surface area contributed by atoms with Gasteiger partial charge in [-0.1, -0.05) is 0 Å². The summed E-state index contributed by atoms with van der Waals surface area (Å²) in [5, 5.41) is 6.92. The molecule has 0 aliphatic carbocycles. The Morgan fingerprint density at radius 2 is 2.29 bits per heavy atom. The number of amides is 1. The van der Waals surface area contributed by atoms with Crippen LogP contribution in [0.2, 0.25) is 0 Å². The molecule has 2 aromatic heterocycles. The molecule has 0 saturated heterocycles. The fourth-order valence-corrected chi connectivity index (χ4v) is 1.84. The number of aromatic nitrogens is 3. The second-order valence-electron chi connectivity index (χ2n) is 3.60. The summed E-state index contributed by atoms with van der Waals surface area (Å²) in [5.41, 5.74) is 2.02. The third kappa shape index (κ3) is 2.52. The van der Waals surface area contributed by atoms with E-state index in [1.165, 1.54) is 0 Å². The average Bonchev–Trinajstić information content (AvgIpc) is 2.61. The lowest BCUT2D eigenvalue weighted by Gasteiger charge is -2.06. The molecule has 0 aromatic carbocycles. The Morgan fingerprint density at radius 3 is 2.88 bits per heavy atom. The highest BCUT2D eigenvalue weighted by Gasteiger charge is 2.12. The molecule has 0 atom stereocenters. The predicted molar refractivity (Wildman–Crippen MR) is 67.8 cm³/mol.